The Morgan fingerprint density at radius 1 is 1.21 bits per heavy atom. The third-order valence-corrected chi connectivity index (χ3v) is 6.08. The van der Waals surface area contributed by atoms with Crippen molar-refractivity contribution in [2.45, 2.75) is 50.2 Å². The number of hydrogen-bond acceptors (Lipinski definition) is 6. The van der Waals surface area contributed by atoms with Crippen LogP contribution in [0.5, 0.6) is 0 Å². The molecular weight excluding hydrogens is 460 g/mol. The molecule has 2 aliphatic heterocycles. The van der Waals surface area contributed by atoms with E-state index < -0.39 is 48.3 Å². The minimum atomic E-state index is -5.83. The van der Waals surface area contributed by atoms with Crippen LogP contribution in [0.2, 0.25) is 0 Å². The van der Waals surface area contributed by atoms with Crippen LogP contribution >= 0.6 is 0 Å². The van der Waals surface area contributed by atoms with E-state index in [4.69, 9.17) is 0 Å². The van der Waals surface area contributed by atoms with Gasteiger partial charge >= 0.3 is 18.3 Å². The summed E-state index contributed by atoms with van der Waals surface area (Å²) in [4.78, 5) is 27.1. The number of ether oxygens (including phenoxy) is 1. The van der Waals surface area contributed by atoms with E-state index in [0.29, 0.717) is 25.9 Å². The maximum atomic E-state index is 13.4. The Labute approximate surface area is 184 Å². The SMILES string of the molecule is Cc1nn(C)c(C(=O)N2CC(C(=O)OC(C(F)(F)F)C(F)(F)F)CC23CCNCC3)c1C#N. The summed E-state index contributed by atoms with van der Waals surface area (Å²) in [5, 5.41) is 16.5. The molecule has 1 unspecified atom stereocenters. The van der Waals surface area contributed by atoms with E-state index in [1.165, 1.54) is 23.6 Å². The van der Waals surface area contributed by atoms with Crippen molar-refractivity contribution in [3.8, 4) is 6.07 Å². The maximum absolute atomic E-state index is 13.4. The van der Waals surface area contributed by atoms with Crippen LogP contribution in [0.1, 0.15) is 41.0 Å². The third kappa shape index (κ3) is 4.64. The van der Waals surface area contributed by atoms with Crippen LogP contribution in [0.3, 0.4) is 0 Å². The smallest absolute Gasteiger partial charge is 0.434 e. The molecule has 0 radical (unpaired) electrons. The van der Waals surface area contributed by atoms with Crippen molar-refractivity contribution < 1.29 is 40.7 Å². The molecule has 14 heteroatoms. The van der Waals surface area contributed by atoms with Gasteiger partial charge in [0, 0.05) is 19.1 Å². The number of aryl methyl sites for hydroxylation is 2. The number of nitrogens with zero attached hydrogens (tertiary/aromatic N) is 4. The lowest BCUT2D eigenvalue weighted by Gasteiger charge is -2.41. The van der Waals surface area contributed by atoms with Gasteiger partial charge in [0.25, 0.3) is 12.0 Å². The average molecular weight is 481 g/mol. The summed E-state index contributed by atoms with van der Waals surface area (Å²) >= 11 is 0. The van der Waals surface area contributed by atoms with Crippen molar-refractivity contribution in [2.24, 2.45) is 13.0 Å². The zero-order valence-electron chi connectivity index (χ0n) is 17.7. The summed E-state index contributed by atoms with van der Waals surface area (Å²) in [7, 11) is 1.44. The highest BCUT2D eigenvalue weighted by molar-refractivity contribution is 5.96. The molecule has 33 heavy (non-hydrogen) atoms. The van der Waals surface area contributed by atoms with E-state index >= 15 is 0 Å². The molecule has 0 bridgehead atoms. The highest BCUT2D eigenvalue weighted by Gasteiger charge is 2.61. The third-order valence-electron chi connectivity index (χ3n) is 6.08. The van der Waals surface area contributed by atoms with Crippen LogP contribution in [0.25, 0.3) is 0 Å². The number of esters is 1. The first-order chi connectivity index (χ1) is 15.2. The monoisotopic (exact) mass is 481 g/mol. The van der Waals surface area contributed by atoms with Crippen LogP contribution in [0.4, 0.5) is 26.3 Å². The first-order valence-electron chi connectivity index (χ1n) is 10.0. The topological polar surface area (TPSA) is 100 Å². The van der Waals surface area contributed by atoms with E-state index in [9.17, 15) is 41.2 Å². The van der Waals surface area contributed by atoms with E-state index in [1.54, 1.807) is 0 Å². The molecule has 1 aromatic heterocycles. The van der Waals surface area contributed by atoms with Gasteiger partial charge < -0.3 is 15.0 Å². The van der Waals surface area contributed by atoms with Gasteiger partial charge in [0.15, 0.2) is 0 Å². The molecule has 2 saturated heterocycles. The first kappa shape index (κ1) is 24.8. The van der Waals surface area contributed by atoms with Crippen LogP contribution in [0.15, 0.2) is 0 Å². The summed E-state index contributed by atoms with van der Waals surface area (Å²) in [6.07, 6.45) is -15.4. The van der Waals surface area contributed by atoms with Gasteiger partial charge in [-0.25, -0.2) is 0 Å². The molecule has 182 valence electrons. The predicted octanol–water partition coefficient (Wildman–Crippen LogP) is 2.22. The molecule has 0 aromatic carbocycles. The van der Waals surface area contributed by atoms with Crippen molar-refractivity contribution in [3.05, 3.63) is 17.0 Å². The lowest BCUT2D eigenvalue weighted by atomic mass is 9.83. The van der Waals surface area contributed by atoms with Crippen molar-refractivity contribution >= 4 is 11.9 Å². The zero-order chi connectivity index (χ0) is 24.8. The fourth-order valence-electron chi connectivity index (χ4n) is 4.57. The number of likely N-dealkylation sites (tertiary alicyclic amines) is 1. The van der Waals surface area contributed by atoms with E-state index in [2.05, 4.69) is 15.2 Å². The van der Waals surface area contributed by atoms with Crippen LogP contribution in [-0.2, 0) is 16.6 Å². The van der Waals surface area contributed by atoms with Gasteiger partial charge in [-0.05, 0) is 39.3 Å². The van der Waals surface area contributed by atoms with Crippen molar-refractivity contribution in [1.29, 1.82) is 5.26 Å². The average Bonchev–Trinajstić information content (AvgIpc) is 3.20. The standard InChI is InChI=1S/C19H21F6N5O3/c1-10-12(8-26)13(29(2)28-10)14(31)30-9-11(7-17(30)3-5-27-6-4-17)15(32)33-16(18(20,21)22)19(23,24)25/h11,16,27H,3-7,9H2,1-2H3. The lowest BCUT2D eigenvalue weighted by molar-refractivity contribution is -0.314. The highest BCUT2D eigenvalue weighted by atomic mass is 19.4. The molecule has 1 spiro atoms. The van der Waals surface area contributed by atoms with Crippen molar-refractivity contribution in [2.75, 3.05) is 19.6 Å². The number of nitrogens with one attached hydrogen (secondary N) is 1. The minimum Gasteiger partial charge on any atom is -0.442 e. The maximum Gasteiger partial charge on any atom is 0.434 e. The summed E-state index contributed by atoms with van der Waals surface area (Å²) in [6, 6.07) is 1.89. The molecule has 3 heterocycles. The zero-order valence-corrected chi connectivity index (χ0v) is 17.7. The van der Waals surface area contributed by atoms with Gasteiger partial charge in [0.1, 0.15) is 17.3 Å². The molecule has 2 fully saturated rings. The van der Waals surface area contributed by atoms with E-state index in [-0.39, 0.29) is 23.4 Å². The number of amides is 1. The summed E-state index contributed by atoms with van der Waals surface area (Å²) in [5.41, 5.74) is -0.753. The first-order valence-corrected chi connectivity index (χ1v) is 10.0. The number of halogens is 6. The molecule has 1 aromatic rings. The van der Waals surface area contributed by atoms with Crippen molar-refractivity contribution in [3.63, 3.8) is 0 Å². The summed E-state index contributed by atoms with van der Waals surface area (Å²) in [5.74, 6) is -3.74. The molecule has 1 N–H and O–H groups in total. The van der Waals surface area contributed by atoms with Crippen LogP contribution in [0, 0.1) is 24.2 Å². The lowest BCUT2D eigenvalue weighted by Crippen LogP contribution is -2.53. The van der Waals surface area contributed by atoms with Gasteiger partial charge in [0.05, 0.1) is 11.6 Å². The fraction of sp³-hybridized carbons (Fsp3) is 0.684. The molecule has 0 aliphatic carbocycles. The Bertz CT molecular complexity index is 960. The quantitative estimate of drug-likeness (QED) is 0.525. The fourth-order valence-corrected chi connectivity index (χ4v) is 4.57. The number of carbonyl (C=O) groups is 2. The normalized spacial score (nSPS) is 20.8. The van der Waals surface area contributed by atoms with Gasteiger partial charge in [0.2, 0.25) is 0 Å². The Morgan fingerprint density at radius 2 is 1.79 bits per heavy atom. The number of aromatic nitrogens is 2. The molecule has 3 rings (SSSR count). The predicted molar refractivity (Wildman–Crippen MR) is 98.6 cm³/mol. The largest absolute Gasteiger partial charge is 0.442 e. The molecule has 8 nitrogen and oxygen atoms in total. The second kappa shape index (κ2) is 8.51. The van der Waals surface area contributed by atoms with Gasteiger partial charge in [-0.15, -0.1) is 0 Å². The Hall–Kier alpha value is -2.82. The number of nitriles is 1. The molecule has 1 atom stereocenters. The minimum absolute atomic E-state index is 0.00631. The number of carbonyl (C=O) groups excluding carboxylic acids is 2. The van der Waals surface area contributed by atoms with Gasteiger partial charge in [-0.2, -0.15) is 36.7 Å². The Balaban J connectivity index is 1.92. The highest BCUT2D eigenvalue weighted by Crippen LogP contribution is 2.43. The van der Waals surface area contributed by atoms with Crippen LogP contribution in [-0.4, -0.2) is 70.2 Å². The number of piperidine rings is 1. The second-order valence-corrected chi connectivity index (χ2v) is 8.24. The van der Waals surface area contributed by atoms with Crippen LogP contribution < -0.4 is 5.32 Å². The molecule has 1 amide bonds. The molecule has 0 saturated carbocycles. The Kier molecular flexibility index (Phi) is 6.40. The molecular formula is C19H21F6N5O3. The van der Waals surface area contributed by atoms with Gasteiger partial charge in [-0.1, -0.05) is 0 Å². The van der Waals surface area contributed by atoms with E-state index in [0.717, 1.165) is 0 Å². The summed E-state index contributed by atoms with van der Waals surface area (Å²) in [6.45, 7) is 1.94. The number of rotatable bonds is 3. The number of alkyl halides is 6. The Morgan fingerprint density at radius 3 is 2.30 bits per heavy atom. The molecule has 2 aliphatic rings. The van der Waals surface area contributed by atoms with E-state index in [1.807, 2.05) is 6.07 Å². The second-order valence-electron chi connectivity index (χ2n) is 8.24. The summed E-state index contributed by atoms with van der Waals surface area (Å²) < 4.78 is 82.2. The van der Waals surface area contributed by atoms with Gasteiger partial charge in [-0.3, -0.25) is 14.3 Å². The number of hydrogen-bond donors (Lipinski definition) is 1. The van der Waals surface area contributed by atoms with Crippen molar-refractivity contribution in [1.82, 2.24) is 20.0 Å².